The molecule has 0 aromatic heterocycles. The van der Waals surface area contributed by atoms with Gasteiger partial charge in [-0.15, -0.1) is 0 Å². The Bertz CT molecular complexity index is 597. The molecule has 0 heterocycles. The standard InChI is InChI=1S/C27H54O5Si2/c1-8-9-15-22(28)17-14-19-25-24(26(30)20-27(25)32-34(5,6)7)18-13-11-10-12-16-23(29)21-31-33(2,3)4/h14,19,22,24-28,30H,8-13,15-18,20-21H2,1-7H3/t22?,24-,25-,26+,27-/m1/s1. The van der Waals surface area contributed by atoms with Crippen molar-refractivity contribution in [2.24, 2.45) is 11.8 Å². The van der Waals surface area contributed by atoms with E-state index in [1.54, 1.807) is 0 Å². The van der Waals surface area contributed by atoms with Crippen molar-refractivity contribution < 1.29 is 23.9 Å². The summed E-state index contributed by atoms with van der Waals surface area (Å²) in [5, 5.41) is 21.1. The average Bonchev–Trinajstić information content (AvgIpc) is 2.99. The minimum Gasteiger partial charge on any atom is -0.414 e. The summed E-state index contributed by atoms with van der Waals surface area (Å²) >= 11 is 0. The predicted molar refractivity (Wildman–Crippen MR) is 147 cm³/mol. The maximum Gasteiger partial charge on any atom is 0.184 e. The minimum atomic E-state index is -1.71. The number of unbranched alkanes of at least 4 members (excludes halogenated alkanes) is 4. The number of ketones is 1. The summed E-state index contributed by atoms with van der Waals surface area (Å²) in [6.07, 6.45) is 13.9. The van der Waals surface area contributed by atoms with Gasteiger partial charge in [-0.3, -0.25) is 4.79 Å². The Morgan fingerprint density at radius 2 is 1.71 bits per heavy atom. The molecule has 1 unspecified atom stereocenters. The molecule has 0 aromatic carbocycles. The molecule has 0 saturated heterocycles. The second-order valence-corrected chi connectivity index (χ2v) is 21.1. The van der Waals surface area contributed by atoms with E-state index in [-0.39, 0.29) is 42.5 Å². The van der Waals surface area contributed by atoms with Gasteiger partial charge >= 0.3 is 0 Å². The molecule has 0 amide bonds. The van der Waals surface area contributed by atoms with Crippen molar-refractivity contribution in [1.82, 2.24) is 0 Å². The molecule has 0 aromatic rings. The third kappa shape index (κ3) is 14.3. The van der Waals surface area contributed by atoms with Crippen molar-refractivity contribution >= 4 is 22.4 Å². The van der Waals surface area contributed by atoms with Crippen LogP contribution in [0.1, 0.15) is 77.6 Å². The molecular formula is C27H54O5Si2. The molecule has 7 heteroatoms. The zero-order chi connectivity index (χ0) is 25.8. The molecular weight excluding hydrogens is 460 g/mol. The van der Waals surface area contributed by atoms with Gasteiger partial charge in [0.05, 0.1) is 24.9 Å². The number of hydrogen-bond donors (Lipinski definition) is 2. The molecule has 2 N–H and O–H groups in total. The lowest BCUT2D eigenvalue weighted by Gasteiger charge is -2.28. The fourth-order valence-electron chi connectivity index (χ4n) is 4.71. The zero-order valence-corrected chi connectivity index (χ0v) is 25.1. The third-order valence-corrected chi connectivity index (χ3v) is 8.48. The van der Waals surface area contributed by atoms with Crippen LogP contribution in [0.2, 0.25) is 39.3 Å². The van der Waals surface area contributed by atoms with Crippen LogP contribution in [0.3, 0.4) is 0 Å². The number of carbonyl (C=O) groups excluding carboxylic acids is 1. The summed E-state index contributed by atoms with van der Waals surface area (Å²) in [7, 11) is -3.34. The second kappa shape index (κ2) is 15.7. The first-order valence-electron chi connectivity index (χ1n) is 13.7. The fourth-order valence-corrected chi connectivity index (χ4v) is 6.47. The van der Waals surface area contributed by atoms with Crippen molar-refractivity contribution in [3.8, 4) is 0 Å². The Morgan fingerprint density at radius 3 is 2.32 bits per heavy atom. The molecule has 34 heavy (non-hydrogen) atoms. The maximum atomic E-state index is 12.0. The first kappa shape index (κ1) is 31.7. The lowest BCUT2D eigenvalue weighted by molar-refractivity contribution is -0.121. The summed E-state index contributed by atoms with van der Waals surface area (Å²) in [5.74, 6) is 0.629. The van der Waals surface area contributed by atoms with Crippen molar-refractivity contribution in [3.05, 3.63) is 12.2 Å². The third-order valence-electron chi connectivity index (χ3n) is 6.46. The van der Waals surface area contributed by atoms with Crippen LogP contribution in [0.25, 0.3) is 0 Å². The predicted octanol–water partition coefficient (Wildman–Crippen LogP) is 6.46. The highest BCUT2D eigenvalue weighted by molar-refractivity contribution is 6.70. The smallest absolute Gasteiger partial charge is 0.184 e. The van der Waals surface area contributed by atoms with Crippen LogP contribution in [0.4, 0.5) is 0 Å². The van der Waals surface area contributed by atoms with Crippen molar-refractivity contribution in [1.29, 1.82) is 0 Å². The van der Waals surface area contributed by atoms with E-state index in [4.69, 9.17) is 8.85 Å². The molecule has 1 aliphatic carbocycles. The van der Waals surface area contributed by atoms with Gasteiger partial charge in [-0.05, 0) is 77.3 Å². The largest absolute Gasteiger partial charge is 0.414 e. The first-order chi connectivity index (χ1) is 15.8. The molecule has 0 aliphatic heterocycles. The van der Waals surface area contributed by atoms with Crippen LogP contribution in [-0.2, 0) is 13.6 Å². The molecule has 200 valence electrons. The summed E-state index contributed by atoms with van der Waals surface area (Å²) in [5.41, 5.74) is 0. The molecule has 0 radical (unpaired) electrons. The molecule has 1 rings (SSSR count). The average molecular weight is 515 g/mol. The molecule has 0 bridgehead atoms. The minimum absolute atomic E-state index is 0.0692. The van der Waals surface area contributed by atoms with Crippen LogP contribution >= 0.6 is 0 Å². The monoisotopic (exact) mass is 514 g/mol. The second-order valence-electron chi connectivity index (χ2n) is 12.2. The lowest BCUT2D eigenvalue weighted by atomic mass is 9.88. The van der Waals surface area contributed by atoms with Gasteiger partial charge in [-0.2, -0.15) is 0 Å². The van der Waals surface area contributed by atoms with E-state index in [0.717, 1.165) is 51.4 Å². The Hall–Kier alpha value is -0.316. The van der Waals surface area contributed by atoms with Gasteiger partial charge in [0.2, 0.25) is 0 Å². The number of aliphatic hydroxyl groups excluding tert-OH is 2. The van der Waals surface area contributed by atoms with Crippen molar-refractivity contribution in [2.75, 3.05) is 6.61 Å². The van der Waals surface area contributed by atoms with E-state index in [1.807, 2.05) is 0 Å². The Morgan fingerprint density at radius 1 is 1.03 bits per heavy atom. The van der Waals surface area contributed by atoms with Gasteiger partial charge in [-0.25, -0.2) is 0 Å². The summed E-state index contributed by atoms with van der Waals surface area (Å²) in [4.78, 5) is 12.0. The van der Waals surface area contributed by atoms with Gasteiger partial charge in [0.15, 0.2) is 22.4 Å². The quantitative estimate of drug-likeness (QED) is 0.125. The SMILES string of the molecule is CCCCC(O)CC=C[C@@H]1[C@@H](CCCCCCC(=O)CO[Si](C)(C)C)[C@@H](O)C[C@H]1O[Si](C)(C)C. The highest BCUT2D eigenvalue weighted by atomic mass is 28.4. The maximum absolute atomic E-state index is 12.0. The first-order valence-corrected chi connectivity index (χ1v) is 20.5. The molecule has 0 spiro atoms. The van der Waals surface area contributed by atoms with E-state index in [0.29, 0.717) is 19.3 Å². The molecule has 5 atom stereocenters. The number of aliphatic hydroxyl groups is 2. The number of rotatable bonds is 18. The Kier molecular flexibility index (Phi) is 14.7. The Labute approximate surface area is 212 Å². The summed E-state index contributed by atoms with van der Waals surface area (Å²) < 4.78 is 12.2. The summed E-state index contributed by atoms with van der Waals surface area (Å²) in [6.45, 7) is 15.3. The van der Waals surface area contributed by atoms with Crippen LogP contribution in [-0.4, -0.2) is 57.5 Å². The van der Waals surface area contributed by atoms with Gasteiger partial charge in [0.1, 0.15) is 0 Å². The van der Waals surface area contributed by atoms with Gasteiger partial charge in [0, 0.05) is 12.3 Å². The number of carbonyl (C=O) groups is 1. The Balaban J connectivity index is 2.51. The van der Waals surface area contributed by atoms with Crippen LogP contribution in [0, 0.1) is 11.8 Å². The topological polar surface area (TPSA) is 76.0 Å². The molecule has 1 fully saturated rings. The lowest BCUT2D eigenvalue weighted by Crippen LogP contribution is -2.34. The fraction of sp³-hybridized carbons (Fsp3) is 0.889. The normalized spacial score (nSPS) is 24.7. The van der Waals surface area contributed by atoms with E-state index in [9.17, 15) is 15.0 Å². The van der Waals surface area contributed by atoms with E-state index < -0.39 is 16.6 Å². The van der Waals surface area contributed by atoms with Gasteiger partial charge in [-0.1, -0.05) is 51.2 Å². The highest BCUT2D eigenvalue weighted by Gasteiger charge is 2.42. The van der Waals surface area contributed by atoms with Gasteiger partial charge < -0.3 is 19.1 Å². The van der Waals surface area contributed by atoms with E-state index in [2.05, 4.69) is 58.4 Å². The number of Topliss-reactive ketones (excluding diaryl/α,β-unsaturated/α-hetero) is 1. The van der Waals surface area contributed by atoms with Crippen LogP contribution < -0.4 is 0 Å². The molecule has 1 saturated carbocycles. The molecule has 1 aliphatic rings. The van der Waals surface area contributed by atoms with E-state index in [1.165, 1.54) is 0 Å². The molecule has 5 nitrogen and oxygen atoms in total. The highest BCUT2D eigenvalue weighted by Crippen LogP contribution is 2.40. The van der Waals surface area contributed by atoms with Crippen LogP contribution in [0.5, 0.6) is 0 Å². The number of hydrogen-bond acceptors (Lipinski definition) is 5. The van der Waals surface area contributed by atoms with E-state index >= 15 is 0 Å². The van der Waals surface area contributed by atoms with Crippen molar-refractivity contribution in [2.45, 2.75) is 135 Å². The summed E-state index contributed by atoms with van der Waals surface area (Å²) in [6, 6.07) is 0. The van der Waals surface area contributed by atoms with Crippen molar-refractivity contribution in [3.63, 3.8) is 0 Å². The van der Waals surface area contributed by atoms with Crippen LogP contribution in [0.15, 0.2) is 12.2 Å². The zero-order valence-electron chi connectivity index (χ0n) is 23.1. The van der Waals surface area contributed by atoms with Gasteiger partial charge in [0.25, 0.3) is 0 Å².